The number of hydrogen-bond donors (Lipinski definition) is 0. The molecule has 1 saturated heterocycles. The second-order valence-electron chi connectivity index (χ2n) is 6.50. The molecule has 2 fully saturated rings. The maximum atomic E-state index is 2.59. The van der Waals surface area contributed by atoms with Crippen LogP contribution in [0.2, 0.25) is 12.1 Å². The summed E-state index contributed by atoms with van der Waals surface area (Å²) in [6.45, 7) is 2.36. The SMILES string of the molecule is CCC1=Cc2c(C3CC3)cccc2C1[Si]1CCCC1. The van der Waals surface area contributed by atoms with E-state index in [9.17, 15) is 0 Å². The minimum atomic E-state index is -0.152. The van der Waals surface area contributed by atoms with E-state index in [1.54, 1.807) is 34.4 Å². The molecule has 4 rings (SSSR count). The molecule has 0 aromatic heterocycles. The van der Waals surface area contributed by atoms with Crippen LogP contribution in [0.3, 0.4) is 0 Å². The quantitative estimate of drug-likeness (QED) is 0.653. The van der Waals surface area contributed by atoms with Crippen molar-refractivity contribution in [3.8, 4) is 0 Å². The lowest BCUT2D eigenvalue weighted by atomic mass is 10.00. The van der Waals surface area contributed by atoms with Gasteiger partial charge in [0.05, 0.1) is 8.80 Å². The third kappa shape index (κ3) is 1.94. The highest BCUT2D eigenvalue weighted by molar-refractivity contribution is 6.62. The van der Waals surface area contributed by atoms with Gasteiger partial charge in [0.15, 0.2) is 0 Å². The van der Waals surface area contributed by atoms with Crippen LogP contribution in [0.5, 0.6) is 0 Å². The summed E-state index contributed by atoms with van der Waals surface area (Å²) in [5, 5.41) is 0. The number of allylic oxidation sites excluding steroid dienone is 1. The van der Waals surface area contributed by atoms with Crippen molar-refractivity contribution in [2.45, 2.75) is 62.6 Å². The van der Waals surface area contributed by atoms with Gasteiger partial charge in [-0.15, -0.1) is 0 Å². The fourth-order valence-electron chi connectivity index (χ4n) is 4.14. The Morgan fingerprint density at radius 1 is 1.11 bits per heavy atom. The first-order chi connectivity index (χ1) is 9.38. The molecule has 3 aliphatic rings. The van der Waals surface area contributed by atoms with Crippen LogP contribution in [-0.2, 0) is 0 Å². The van der Waals surface area contributed by atoms with E-state index in [2.05, 4.69) is 31.2 Å². The van der Waals surface area contributed by atoms with Gasteiger partial charge in [-0.05, 0) is 47.4 Å². The van der Waals surface area contributed by atoms with Crippen molar-refractivity contribution in [2.24, 2.45) is 0 Å². The molecule has 0 N–H and O–H groups in total. The molecule has 0 amide bonds. The Kier molecular flexibility index (Phi) is 2.91. The lowest BCUT2D eigenvalue weighted by molar-refractivity contribution is 0.935. The summed E-state index contributed by atoms with van der Waals surface area (Å²) in [6.07, 6.45) is 9.70. The van der Waals surface area contributed by atoms with Gasteiger partial charge in [0.2, 0.25) is 0 Å². The third-order valence-electron chi connectivity index (χ3n) is 5.26. The Morgan fingerprint density at radius 2 is 1.84 bits per heavy atom. The summed E-state index contributed by atoms with van der Waals surface area (Å²) in [6, 6.07) is 10.3. The summed E-state index contributed by atoms with van der Waals surface area (Å²) < 4.78 is 0. The molecule has 1 aliphatic heterocycles. The molecule has 0 bridgehead atoms. The highest BCUT2D eigenvalue weighted by atomic mass is 28.3. The largest absolute Gasteiger partial charge is 0.0653 e. The first-order valence-electron chi connectivity index (χ1n) is 8.06. The zero-order chi connectivity index (χ0) is 12.8. The van der Waals surface area contributed by atoms with E-state index in [1.807, 2.05) is 0 Å². The highest BCUT2D eigenvalue weighted by Gasteiger charge is 2.36. The standard InChI is InChI=1S/C18H23Si/c1-2-13-12-17-15(14-8-9-14)6-5-7-16(17)18(13)19-10-3-4-11-19/h5-7,12,14,18H,2-4,8-11H2,1H3. The van der Waals surface area contributed by atoms with Gasteiger partial charge < -0.3 is 0 Å². The predicted molar refractivity (Wildman–Crippen MR) is 84.0 cm³/mol. The molecule has 2 aliphatic carbocycles. The summed E-state index contributed by atoms with van der Waals surface area (Å²) >= 11 is 0. The van der Waals surface area contributed by atoms with Crippen LogP contribution >= 0.6 is 0 Å². The fourth-order valence-corrected chi connectivity index (χ4v) is 7.88. The first-order valence-corrected chi connectivity index (χ1v) is 10.1. The average Bonchev–Trinajstić information content (AvgIpc) is 3.01. The Labute approximate surface area is 118 Å². The van der Waals surface area contributed by atoms with Crippen molar-refractivity contribution < 1.29 is 0 Å². The maximum absolute atomic E-state index is 2.59. The average molecular weight is 267 g/mol. The van der Waals surface area contributed by atoms with Crippen LogP contribution in [0.1, 0.15) is 67.2 Å². The topological polar surface area (TPSA) is 0 Å². The van der Waals surface area contributed by atoms with Crippen LogP contribution in [0.15, 0.2) is 23.8 Å². The third-order valence-corrected chi connectivity index (χ3v) is 8.75. The molecule has 1 aromatic carbocycles. The van der Waals surface area contributed by atoms with Gasteiger partial charge >= 0.3 is 0 Å². The number of fused-ring (bicyclic) bond motifs is 1. The summed E-state index contributed by atoms with van der Waals surface area (Å²) in [5.41, 5.74) is 7.67. The maximum Gasteiger partial charge on any atom is 0.0616 e. The van der Waals surface area contributed by atoms with Crippen molar-refractivity contribution in [2.75, 3.05) is 0 Å². The molecule has 0 spiro atoms. The van der Waals surface area contributed by atoms with Gasteiger partial charge in [-0.2, -0.15) is 0 Å². The summed E-state index contributed by atoms with van der Waals surface area (Å²) in [5.74, 6) is 0.892. The molecule has 1 atom stereocenters. The number of benzene rings is 1. The molecule has 1 radical (unpaired) electrons. The van der Waals surface area contributed by atoms with Crippen molar-refractivity contribution in [3.63, 3.8) is 0 Å². The van der Waals surface area contributed by atoms with E-state index in [-0.39, 0.29) is 8.80 Å². The monoisotopic (exact) mass is 267 g/mol. The van der Waals surface area contributed by atoms with Gasteiger partial charge in [0.1, 0.15) is 0 Å². The second kappa shape index (κ2) is 4.62. The smallest absolute Gasteiger partial charge is 0.0616 e. The van der Waals surface area contributed by atoms with Crippen LogP contribution in [-0.4, -0.2) is 8.80 Å². The van der Waals surface area contributed by atoms with E-state index in [0.717, 1.165) is 11.5 Å². The number of hydrogen-bond acceptors (Lipinski definition) is 0. The molecule has 1 heterocycles. The first kappa shape index (κ1) is 12.0. The molecule has 1 heteroatoms. The van der Waals surface area contributed by atoms with Crippen molar-refractivity contribution in [1.29, 1.82) is 0 Å². The van der Waals surface area contributed by atoms with Crippen molar-refractivity contribution >= 4 is 14.9 Å². The van der Waals surface area contributed by atoms with Gasteiger partial charge in [-0.3, -0.25) is 0 Å². The van der Waals surface area contributed by atoms with E-state index >= 15 is 0 Å². The molecular weight excluding hydrogens is 244 g/mol. The molecule has 1 aromatic rings. The Bertz CT molecular complexity index is 518. The summed E-state index contributed by atoms with van der Waals surface area (Å²) in [7, 11) is -0.152. The normalized spacial score (nSPS) is 26.6. The Balaban J connectivity index is 1.78. The molecule has 1 unspecified atom stereocenters. The Hall–Kier alpha value is -0.823. The Morgan fingerprint density at radius 3 is 2.53 bits per heavy atom. The number of rotatable bonds is 3. The molecule has 0 nitrogen and oxygen atoms in total. The predicted octanol–water partition coefficient (Wildman–Crippen LogP) is 5.28. The van der Waals surface area contributed by atoms with E-state index in [4.69, 9.17) is 0 Å². The summed E-state index contributed by atoms with van der Waals surface area (Å²) in [4.78, 5) is 0. The van der Waals surface area contributed by atoms with Gasteiger partial charge in [-0.1, -0.05) is 61.7 Å². The van der Waals surface area contributed by atoms with Crippen molar-refractivity contribution in [1.82, 2.24) is 0 Å². The van der Waals surface area contributed by atoms with Gasteiger partial charge in [-0.25, -0.2) is 0 Å². The van der Waals surface area contributed by atoms with Crippen LogP contribution in [0.4, 0.5) is 0 Å². The zero-order valence-electron chi connectivity index (χ0n) is 11.9. The minimum Gasteiger partial charge on any atom is -0.0653 e. The minimum absolute atomic E-state index is 0.152. The second-order valence-corrected chi connectivity index (χ2v) is 9.39. The van der Waals surface area contributed by atoms with Crippen LogP contribution in [0.25, 0.3) is 6.08 Å². The van der Waals surface area contributed by atoms with E-state index in [1.165, 1.54) is 32.1 Å². The van der Waals surface area contributed by atoms with Gasteiger partial charge in [0, 0.05) is 0 Å². The molecule has 1 saturated carbocycles. The van der Waals surface area contributed by atoms with Gasteiger partial charge in [0.25, 0.3) is 0 Å². The van der Waals surface area contributed by atoms with E-state index < -0.39 is 0 Å². The lowest BCUT2D eigenvalue weighted by Crippen LogP contribution is -2.20. The molecular formula is C18H23Si. The van der Waals surface area contributed by atoms with Crippen LogP contribution in [0, 0.1) is 0 Å². The van der Waals surface area contributed by atoms with Crippen molar-refractivity contribution in [3.05, 3.63) is 40.5 Å². The van der Waals surface area contributed by atoms with E-state index in [0.29, 0.717) is 0 Å². The highest BCUT2D eigenvalue weighted by Crippen LogP contribution is 2.49. The lowest BCUT2D eigenvalue weighted by Gasteiger charge is -2.22. The fraction of sp³-hybridized carbons (Fsp3) is 0.556. The molecule has 19 heavy (non-hydrogen) atoms. The molecule has 99 valence electrons. The van der Waals surface area contributed by atoms with Crippen LogP contribution < -0.4 is 0 Å². The zero-order valence-corrected chi connectivity index (χ0v) is 12.9.